The Kier molecular flexibility index (Phi) is 4.43. The molecule has 2 fully saturated rings. The van der Waals surface area contributed by atoms with E-state index in [2.05, 4.69) is 29.0 Å². The van der Waals surface area contributed by atoms with Crippen LogP contribution in [0.2, 0.25) is 0 Å². The molecule has 3 aliphatic rings. The van der Waals surface area contributed by atoms with Crippen molar-refractivity contribution in [1.82, 2.24) is 4.98 Å². The Bertz CT molecular complexity index is 816. The van der Waals surface area contributed by atoms with Crippen molar-refractivity contribution in [2.75, 3.05) is 11.1 Å². The third kappa shape index (κ3) is 3.09. The Labute approximate surface area is 160 Å². The second-order valence-corrected chi connectivity index (χ2v) is 8.22. The van der Waals surface area contributed by atoms with Crippen molar-refractivity contribution in [2.45, 2.75) is 61.7 Å². The lowest BCUT2D eigenvalue weighted by Crippen LogP contribution is -2.30. The van der Waals surface area contributed by atoms with Crippen molar-refractivity contribution in [3.63, 3.8) is 0 Å². The van der Waals surface area contributed by atoms with Crippen LogP contribution in [0.25, 0.3) is 0 Å². The maximum absolute atomic E-state index is 12.4. The van der Waals surface area contributed by atoms with Gasteiger partial charge in [0.1, 0.15) is 0 Å². The number of nitrogens with zero attached hydrogens (tertiary/aromatic N) is 1. The van der Waals surface area contributed by atoms with Crippen LogP contribution in [-0.4, -0.2) is 10.9 Å². The summed E-state index contributed by atoms with van der Waals surface area (Å²) < 4.78 is 0. The summed E-state index contributed by atoms with van der Waals surface area (Å²) >= 11 is 4.07. The first kappa shape index (κ1) is 17.4. The summed E-state index contributed by atoms with van der Waals surface area (Å²) in [6, 6.07) is 7.95. The minimum Gasteiger partial charge on any atom is -0.399 e. The van der Waals surface area contributed by atoms with Crippen molar-refractivity contribution < 1.29 is 4.79 Å². The zero-order valence-electron chi connectivity index (χ0n) is 15.1. The normalized spacial score (nSPS) is 19.7. The molecule has 0 unspecified atom stereocenters. The molecule has 1 aliphatic heterocycles. The number of carbonyl (C=O) groups is 1. The predicted molar refractivity (Wildman–Crippen MR) is 108 cm³/mol. The summed E-state index contributed by atoms with van der Waals surface area (Å²) in [5, 5.41) is 3.15. The summed E-state index contributed by atoms with van der Waals surface area (Å²) in [6.45, 7) is 1.95. The second-order valence-electron chi connectivity index (χ2n) is 7.71. The molecule has 1 amide bonds. The van der Waals surface area contributed by atoms with Gasteiger partial charge in [-0.25, -0.2) is 0 Å². The Morgan fingerprint density at radius 3 is 2.54 bits per heavy atom. The van der Waals surface area contributed by atoms with E-state index in [0.29, 0.717) is 5.92 Å². The highest BCUT2D eigenvalue weighted by Crippen LogP contribution is 2.54. The number of nitrogens with two attached hydrogens (primary N) is 1. The highest BCUT2D eigenvalue weighted by atomic mass is 32.1. The Balaban J connectivity index is 0.000000178. The second kappa shape index (κ2) is 6.62. The highest BCUT2D eigenvalue weighted by molar-refractivity contribution is 7.80. The predicted octanol–water partition coefficient (Wildman–Crippen LogP) is 4.59. The SMILES string of the molecule is Cc1ccc(S)cn1.Nc1cc(C2CC2)c2c(c1)C1(CCCC1)C(=O)N2. The number of carbonyl (C=O) groups excluding carboxylic acids is 1. The first-order valence-electron chi connectivity index (χ1n) is 9.36. The number of hydrogen-bond acceptors (Lipinski definition) is 4. The Morgan fingerprint density at radius 1 is 1.23 bits per heavy atom. The molecule has 0 atom stereocenters. The molecule has 2 aliphatic carbocycles. The smallest absolute Gasteiger partial charge is 0.235 e. The van der Waals surface area contributed by atoms with Crippen molar-refractivity contribution >= 4 is 29.9 Å². The van der Waals surface area contributed by atoms with Gasteiger partial charge in [-0.15, -0.1) is 12.6 Å². The molecule has 5 rings (SSSR count). The van der Waals surface area contributed by atoms with Gasteiger partial charge in [-0.2, -0.15) is 0 Å². The maximum atomic E-state index is 12.4. The summed E-state index contributed by atoms with van der Waals surface area (Å²) in [4.78, 5) is 17.3. The quantitative estimate of drug-likeness (QED) is 0.510. The van der Waals surface area contributed by atoms with Gasteiger partial charge >= 0.3 is 0 Å². The number of thiol groups is 1. The van der Waals surface area contributed by atoms with E-state index >= 15 is 0 Å². The van der Waals surface area contributed by atoms with Gasteiger partial charge < -0.3 is 11.1 Å². The molecule has 26 heavy (non-hydrogen) atoms. The molecule has 2 saturated carbocycles. The van der Waals surface area contributed by atoms with Gasteiger partial charge in [-0.05, 0) is 73.9 Å². The van der Waals surface area contributed by atoms with Crippen LogP contribution in [0, 0.1) is 6.92 Å². The van der Waals surface area contributed by atoms with Crippen LogP contribution < -0.4 is 11.1 Å². The van der Waals surface area contributed by atoms with Crippen molar-refractivity contribution in [2.24, 2.45) is 0 Å². The largest absolute Gasteiger partial charge is 0.399 e. The zero-order valence-corrected chi connectivity index (χ0v) is 16.0. The van der Waals surface area contributed by atoms with Crippen LogP contribution in [0.15, 0.2) is 35.4 Å². The van der Waals surface area contributed by atoms with E-state index in [4.69, 9.17) is 5.73 Å². The number of rotatable bonds is 1. The zero-order chi connectivity index (χ0) is 18.3. The van der Waals surface area contributed by atoms with Gasteiger partial charge in [-0.1, -0.05) is 12.8 Å². The summed E-state index contributed by atoms with van der Waals surface area (Å²) in [7, 11) is 0. The molecule has 3 N–H and O–H groups in total. The lowest BCUT2D eigenvalue weighted by atomic mass is 9.79. The number of anilines is 2. The summed E-state index contributed by atoms with van der Waals surface area (Å²) in [6.07, 6.45) is 8.48. The first-order valence-corrected chi connectivity index (χ1v) is 9.81. The van der Waals surface area contributed by atoms with Crippen LogP contribution in [-0.2, 0) is 10.2 Å². The summed E-state index contributed by atoms with van der Waals surface area (Å²) in [5.41, 5.74) is 11.2. The topological polar surface area (TPSA) is 68.0 Å². The molecule has 2 heterocycles. The van der Waals surface area contributed by atoms with Crippen LogP contribution in [0.1, 0.15) is 61.3 Å². The number of aromatic nitrogens is 1. The Morgan fingerprint density at radius 2 is 1.96 bits per heavy atom. The van der Waals surface area contributed by atoms with E-state index in [-0.39, 0.29) is 11.3 Å². The molecular formula is C21H25N3OS. The fraction of sp³-hybridized carbons (Fsp3) is 0.429. The first-order chi connectivity index (χ1) is 12.5. The van der Waals surface area contributed by atoms with Gasteiger partial charge in [0.25, 0.3) is 0 Å². The fourth-order valence-electron chi connectivity index (χ4n) is 4.21. The van der Waals surface area contributed by atoms with E-state index in [9.17, 15) is 4.79 Å². The van der Waals surface area contributed by atoms with Crippen LogP contribution >= 0.6 is 12.6 Å². The van der Waals surface area contributed by atoms with Crippen molar-refractivity contribution in [1.29, 1.82) is 0 Å². The fourth-order valence-corrected chi connectivity index (χ4v) is 4.34. The number of nitrogens with one attached hydrogen (secondary N) is 1. The standard InChI is InChI=1S/C15H18N2O.C6H7NS/c16-10-7-11(9-3-4-9)13-12(8-10)15(14(18)17-13)5-1-2-6-15;1-5-2-3-6(8)4-7-5/h7-9H,1-6,16H2,(H,17,18);2-4,8H,1H3. The molecule has 1 aromatic heterocycles. The highest BCUT2D eigenvalue weighted by Gasteiger charge is 2.50. The third-order valence-corrected chi connectivity index (χ3v) is 6.01. The summed E-state index contributed by atoms with van der Waals surface area (Å²) in [5.74, 6) is 0.835. The van der Waals surface area contributed by atoms with Gasteiger partial charge in [0.05, 0.1) is 5.41 Å². The van der Waals surface area contributed by atoms with Gasteiger partial charge in [0.15, 0.2) is 0 Å². The van der Waals surface area contributed by atoms with E-state index in [1.54, 1.807) is 6.20 Å². The number of hydrogen-bond donors (Lipinski definition) is 3. The average Bonchev–Trinajstić information content (AvgIpc) is 3.29. The molecule has 1 aromatic carbocycles. The van der Waals surface area contributed by atoms with Crippen molar-refractivity contribution in [3.05, 3.63) is 47.3 Å². The number of nitrogen functional groups attached to an aromatic ring is 1. The molecule has 4 nitrogen and oxygen atoms in total. The van der Waals surface area contributed by atoms with E-state index in [1.807, 2.05) is 25.1 Å². The molecule has 0 bridgehead atoms. The molecular weight excluding hydrogens is 342 g/mol. The third-order valence-electron chi connectivity index (χ3n) is 5.75. The number of pyridine rings is 1. The molecule has 0 radical (unpaired) electrons. The molecule has 5 heteroatoms. The van der Waals surface area contributed by atoms with Crippen LogP contribution in [0.3, 0.4) is 0 Å². The molecule has 2 aromatic rings. The molecule has 1 spiro atoms. The molecule has 136 valence electrons. The lowest BCUT2D eigenvalue weighted by Gasteiger charge is -2.21. The monoisotopic (exact) mass is 367 g/mol. The van der Waals surface area contributed by atoms with E-state index in [1.165, 1.54) is 24.0 Å². The van der Waals surface area contributed by atoms with Gasteiger partial charge in [-0.3, -0.25) is 9.78 Å². The lowest BCUT2D eigenvalue weighted by molar-refractivity contribution is -0.120. The van der Waals surface area contributed by atoms with Gasteiger partial charge in [0, 0.05) is 28.2 Å². The average molecular weight is 368 g/mol. The van der Waals surface area contributed by atoms with E-state index in [0.717, 1.165) is 47.6 Å². The van der Waals surface area contributed by atoms with Crippen molar-refractivity contribution in [3.8, 4) is 0 Å². The van der Waals surface area contributed by atoms with Crippen LogP contribution in [0.5, 0.6) is 0 Å². The maximum Gasteiger partial charge on any atom is 0.235 e. The van der Waals surface area contributed by atoms with Gasteiger partial charge in [0.2, 0.25) is 5.91 Å². The molecule has 0 saturated heterocycles. The Hall–Kier alpha value is -2.01. The minimum atomic E-state index is -0.256. The number of aryl methyl sites for hydroxylation is 1. The number of amides is 1. The number of fused-ring (bicyclic) bond motifs is 2. The van der Waals surface area contributed by atoms with Crippen LogP contribution in [0.4, 0.5) is 11.4 Å². The number of benzene rings is 1. The minimum absolute atomic E-state index is 0.211. The van der Waals surface area contributed by atoms with E-state index < -0.39 is 0 Å².